The number of aromatic nitrogens is 3. The molecule has 0 unspecified atom stereocenters. The van der Waals surface area contributed by atoms with Crippen LogP contribution in [0.25, 0.3) is 5.69 Å². The van der Waals surface area contributed by atoms with E-state index in [1.807, 2.05) is 71.7 Å². The van der Waals surface area contributed by atoms with E-state index in [0.717, 1.165) is 28.1 Å². The highest BCUT2D eigenvalue weighted by atomic mass is 16.5. The molecule has 0 atom stereocenters. The number of hydrogen-bond acceptors (Lipinski definition) is 7. The standard InChI is InChI=1S/C23H25N7O/c1-26-29-23-22(25)18(11-21(24)28-23)10-17-13-27-30(14-17)19-8-5-9-20(12-19)31-15-16-6-3-2-4-7-16/h2-9,11-14,26H,10,15,25H2,1H3,(H3,24,28,29). The number of pyridine rings is 1. The number of ether oxygens (including phenoxy) is 1. The molecule has 4 rings (SSSR count). The zero-order chi connectivity index (χ0) is 21.6. The van der Waals surface area contributed by atoms with Gasteiger partial charge in [0, 0.05) is 25.7 Å². The Labute approximate surface area is 180 Å². The molecule has 0 bridgehead atoms. The third kappa shape index (κ3) is 4.93. The van der Waals surface area contributed by atoms with Gasteiger partial charge in [0.1, 0.15) is 18.2 Å². The smallest absolute Gasteiger partial charge is 0.166 e. The Morgan fingerprint density at radius 2 is 1.84 bits per heavy atom. The van der Waals surface area contributed by atoms with Crippen LogP contribution in [0.3, 0.4) is 0 Å². The zero-order valence-corrected chi connectivity index (χ0v) is 17.2. The molecule has 8 nitrogen and oxygen atoms in total. The van der Waals surface area contributed by atoms with Gasteiger partial charge in [0.15, 0.2) is 5.82 Å². The zero-order valence-electron chi connectivity index (χ0n) is 17.2. The normalized spacial score (nSPS) is 10.7. The van der Waals surface area contributed by atoms with E-state index in [0.29, 0.717) is 30.4 Å². The van der Waals surface area contributed by atoms with E-state index in [1.54, 1.807) is 13.1 Å². The maximum atomic E-state index is 6.24. The Balaban J connectivity index is 1.49. The van der Waals surface area contributed by atoms with Crippen LogP contribution in [0.5, 0.6) is 5.75 Å². The summed E-state index contributed by atoms with van der Waals surface area (Å²) in [6, 6.07) is 19.7. The van der Waals surface area contributed by atoms with Crippen molar-refractivity contribution in [1.29, 1.82) is 0 Å². The van der Waals surface area contributed by atoms with Crippen molar-refractivity contribution in [1.82, 2.24) is 20.2 Å². The highest BCUT2D eigenvalue weighted by Crippen LogP contribution is 2.25. The SMILES string of the molecule is CNNc1nc(N)cc(Cc2cnn(-c3cccc(OCc4ccccc4)c3)c2)c1N. The van der Waals surface area contributed by atoms with Crippen LogP contribution in [0.15, 0.2) is 73.1 Å². The molecule has 2 heterocycles. The van der Waals surface area contributed by atoms with Crippen molar-refractivity contribution in [2.24, 2.45) is 0 Å². The second kappa shape index (κ2) is 9.19. The summed E-state index contributed by atoms with van der Waals surface area (Å²) in [4.78, 5) is 4.21. The molecule has 8 heteroatoms. The molecule has 31 heavy (non-hydrogen) atoms. The number of rotatable bonds is 8. The summed E-state index contributed by atoms with van der Waals surface area (Å²) < 4.78 is 7.75. The summed E-state index contributed by atoms with van der Waals surface area (Å²) in [5, 5.41) is 4.50. The van der Waals surface area contributed by atoms with E-state index < -0.39 is 0 Å². The first-order valence-corrected chi connectivity index (χ1v) is 9.90. The first kappa shape index (κ1) is 20.2. The summed E-state index contributed by atoms with van der Waals surface area (Å²) in [6.45, 7) is 0.514. The van der Waals surface area contributed by atoms with Crippen LogP contribution in [0, 0.1) is 0 Å². The number of nitrogen functional groups attached to an aromatic ring is 2. The highest BCUT2D eigenvalue weighted by molar-refractivity contribution is 5.69. The second-order valence-corrected chi connectivity index (χ2v) is 7.09. The van der Waals surface area contributed by atoms with Gasteiger partial charge in [-0.15, -0.1) is 0 Å². The fraction of sp³-hybridized carbons (Fsp3) is 0.130. The molecule has 158 valence electrons. The van der Waals surface area contributed by atoms with Gasteiger partial charge in [-0.1, -0.05) is 36.4 Å². The summed E-state index contributed by atoms with van der Waals surface area (Å²) in [6.07, 6.45) is 4.37. The molecule has 0 saturated heterocycles. The van der Waals surface area contributed by atoms with Crippen molar-refractivity contribution in [2.45, 2.75) is 13.0 Å². The monoisotopic (exact) mass is 415 g/mol. The second-order valence-electron chi connectivity index (χ2n) is 7.09. The molecule has 0 radical (unpaired) electrons. The summed E-state index contributed by atoms with van der Waals surface area (Å²) in [7, 11) is 1.74. The Kier molecular flexibility index (Phi) is 6.00. The van der Waals surface area contributed by atoms with E-state index >= 15 is 0 Å². The topological polar surface area (TPSA) is 116 Å². The molecule has 0 aliphatic heterocycles. The first-order valence-electron chi connectivity index (χ1n) is 9.90. The minimum absolute atomic E-state index is 0.401. The van der Waals surface area contributed by atoms with E-state index in [4.69, 9.17) is 16.2 Å². The van der Waals surface area contributed by atoms with E-state index in [-0.39, 0.29) is 0 Å². The lowest BCUT2D eigenvalue weighted by molar-refractivity contribution is 0.306. The van der Waals surface area contributed by atoms with Gasteiger partial charge in [-0.25, -0.2) is 15.1 Å². The lowest BCUT2D eigenvalue weighted by Crippen LogP contribution is -2.18. The number of nitrogens with two attached hydrogens (primary N) is 2. The lowest BCUT2D eigenvalue weighted by atomic mass is 10.1. The average molecular weight is 416 g/mol. The molecule has 2 aromatic heterocycles. The minimum atomic E-state index is 0.401. The Bertz CT molecular complexity index is 1160. The van der Waals surface area contributed by atoms with E-state index in [1.165, 1.54) is 0 Å². The van der Waals surface area contributed by atoms with Crippen LogP contribution >= 0.6 is 0 Å². The van der Waals surface area contributed by atoms with Gasteiger partial charge in [-0.05, 0) is 34.9 Å². The molecule has 0 aliphatic rings. The fourth-order valence-electron chi connectivity index (χ4n) is 3.26. The maximum Gasteiger partial charge on any atom is 0.166 e. The van der Waals surface area contributed by atoms with Crippen molar-refractivity contribution in [3.8, 4) is 11.4 Å². The summed E-state index contributed by atoms with van der Waals surface area (Å²) in [5.41, 5.74) is 22.4. The van der Waals surface area contributed by atoms with Crippen LogP contribution in [0.1, 0.15) is 16.7 Å². The van der Waals surface area contributed by atoms with Crippen LogP contribution in [0.4, 0.5) is 17.3 Å². The van der Waals surface area contributed by atoms with Crippen LogP contribution in [-0.2, 0) is 13.0 Å². The van der Waals surface area contributed by atoms with Gasteiger partial charge in [0.2, 0.25) is 0 Å². The molecular weight excluding hydrogens is 390 g/mol. The minimum Gasteiger partial charge on any atom is -0.489 e. The molecule has 0 amide bonds. The molecular formula is C23H25N7O. The Morgan fingerprint density at radius 1 is 1.00 bits per heavy atom. The van der Waals surface area contributed by atoms with Crippen LogP contribution < -0.4 is 27.1 Å². The van der Waals surface area contributed by atoms with Crippen molar-refractivity contribution in [2.75, 3.05) is 23.9 Å². The van der Waals surface area contributed by atoms with Gasteiger partial charge in [-0.2, -0.15) is 5.10 Å². The van der Waals surface area contributed by atoms with Crippen LogP contribution in [-0.4, -0.2) is 21.8 Å². The largest absolute Gasteiger partial charge is 0.489 e. The van der Waals surface area contributed by atoms with E-state index in [9.17, 15) is 0 Å². The maximum absolute atomic E-state index is 6.24. The summed E-state index contributed by atoms with van der Waals surface area (Å²) in [5.74, 6) is 1.69. The van der Waals surface area contributed by atoms with Crippen molar-refractivity contribution >= 4 is 17.3 Å². The number of hydrogen-bond donors (Lipinski definition) is 4. The first-order chi connectivity index (χ1) is 15.1. The number of hydrazine groups is 1. The third-order valence-corrected chi connectivity index (χ3v) is 4.77. The number of anilines is 3. The molecule has 0 spiro atoms. The predicted octanol–water partition coefficient (Wildman–Crippen LogP) is 3.15. The van der Waals surface area contributed by atoms with Crippen molar-refractivity contribution < 1.29 is 4.74 Å². The highest BCUT2D eigenvalue weighted by Gasteiger charge is 2.11. The van der Waals surface area contributed by atoms with Crippen molar-refractivity contribution in [3.63, 3.8) is 0 Å². The molecule has 0 saturated carbocycles. The van der Waals surface area contributed by atoms with Gasteiger partial charge in [0.25, 0.3) is 0 Å². The number of nitrogens with one attached hydrogen (secondary N) is 2. The molecule has 2 aromatic carbocycles. The Morgan fingerprint density at radius 3 is 2.65 bits per heavy atom. The van der Waals surface area contributed by atoms with Gasteiger partial charge >= 0.3 is 0 Å². The van der Waals surface area contributed by atoms with Gasteiger partial charge in [-0.3, -0.25) is 0 Å². The average Bonchev–Trinajstić information content (AvgIpc) is 3.25. The lowest BCUT2D eigenvalue weighted by Gasteiger charge is -2.12. The summed E-state index contributed by atoms with van der Waals surface area (Å²) >= 11 is 0. The molecule has 0 fully saturated rings. The van der Waals surface area contributed by atoms with E-state index in [2.05, 4.69) is 20.9 Å². The Hall–Kier alpha value is -4.04. The molecule has 4 aromatic rings. The quantitative estimate of drug-likeness (QED) is 0.327. The van der Waals surface area contributed by atoms with Crippen LogP contribution in [0.2, 0.25) is 0 Å². The number of benzene rings is 2. The molecule has 0 aliphatic carbocycles. The van der Waals surface area contributed by atoms with Gasteiger partial charge < -0.3 is 21.6 Å². The van der Waals surface area contributed by atoms with Gasteiger partial charge in [0.05, 0.1) is 17.6 Å². The predicted molar refractivity (Wildman–Crippen MR) is 123 cm³/mol. The fourth-order valence-corrected chi connectivity index (χ4v) is 3.26. The third-order valence-electron chi connectivity index (χ3n) is 4.77. The molecule has 6 N–H and O–H groups in total. The number of nitrogens with zero attached hydrogens (tertiary/aromatic N) is 3. The van der Waals surface area contributed by atoms with Crippen molar-refractivity contribution in [3.05, 3.63) is 89.7 Å².